The predicted molar refractivity (Wildman–Crippen MR) is 80.3 cm³/mol. The minimum Gasteiger partial charge on any atom is -0.356 e. The van der Waals surface area contributed by atoms with E-state index in [0.717, 1.165) is 29.9 Å². The molecule has 0 spiro atoms. The third-order valence-electron chi connectivity index (χ3n) is 3.37. The van der Waals surface area contributed by atoms with E-state index in [9.17, 15) is 0 Å². The molecule has 1 aromatic rings. The molecule has 1 aliphatic carbocycles. The first kappa shape index (κ1) is 13.7. The lowest BCUT2D eigenvalue weighted by Gasteiger charge is -2.25. The highest BCUT2D eigenvalue weighted by Gasteiger charge is 2.20. The molecular weight excluding hydrogens is 242 g/mol. The third kappa shape index (κ3) is 3.89. The Morgan fingerprint density at radius 3 is 2.94 bits per heavy atom. The lowest BCUT2D eigenvalue weighted by molar-refractivity contribution is 0.670. The number of aromatic nitrogens is 1. The maximum Gasteiger partial charge on any atom is 0.128 e. The van der Waals surface area contributed by atoms with Gasteiger partial charge in [0.15, 0.2) is 0 Å². The van der Waals surface area contributed by atoms with E-state index >= 15 is 0 Å². The molecule has 1 fully saturated rings. The Labute approximate surface area is 114 Å². The maximum absolute atomic E-state index is 4.73. The van der Waals surface area contributed by atoms with E-state index in [4.69, 9.17) is 4.98 Å². The number of thioether (sulfide) groups is 1. The van der Waals surface area contributed by atoms with Crippen LogP contribution in [0.3, 0.4) is 0 Å². The molecule has 1 unspecified atom stereocenters. The van der Waals surface area contributed by atoms with Crippen LogP contribution in [0.5, 0.6) is 0 Å². The van der Waals surface area contributed by atoms with Gasteiger partial charge in [0.05, 0.1) is 5.69 Å². The molecule has 0 aromatic carbocycles. The summed E-state index contributed by atoms with van der Waals surface area (Å²) in [4.78, 5) is 6.99. The summed E-state index contributed by atoms with van der Waals surface area (Å²) in [6.45, 7) is 3.14. The van der Waals surface area contributed by atoms with Gasteiger partial charge in [-0.2, -0.15) is 11.8 Å². The largest absolute Gasteiger partial charge is 0.356 e. The van der Waals surface area contributed by atoms with Crippen molar-refractivity contribution in [1.29, 1.82) is 0 Å². The fourth-order valence-corrected chi connectivity index (χ4v) is 2.58. The standard InChI is InChI=1S/C14H23N3S/c1-11(10-18-3)17(2)14-6-4-5-13(16-14)9-15-12-7-8-12/h4-6,11-12,15H,7-10H2,1-3H3. The topological polar surface area (TPSA) is 28.2 Å². The highest BCUT2D eigenvalue weighted by atomic mass is 32.2. The van der Waals surface area contributed by atoms with Gasteiger partial charge >= 0.3 is 0 Å². The number of anilines is 1. The Kier molecular flexibility index (Phi) is 4.89. The molecule has 0 saturated heterocycles. The zero-order valence-electron chi connectivity index (χ0n) is 11.5. The average molecular weight is 265 g/mol. The van der Waals surface area contributed by atoms with Crippen LogP contribution in [0, 0.1) is 0 Å². The first-order chi connectivity index (χ1) is 8.70. The molecule has 0 amide bonds. The van der Waals surface area contributed by atoms with E-state index < -0.39 is 0 Å². The highest BCUT2D eigenvalue weighted by Crippen LogP contribution is 2.20. The molecule has 1 aromatic heterocycles. The lowest BCUT2D eigenvalue weighted by Crippen LogP contribution is -2.31. The smallest absolute Gasteiger partial charge is 0.128 e. The van der Waals surface area contributed by atoms with Crippen LogP contribution in [0.1, 0.15) is 25.5 Å². The van der Waals surface area contributed by atoms with Gasteiger partial charge in [-0.3, -0.25) is 0 Å². The minimum atomic E-state index is 0.513. The Bertz CT molecular complexity index is 379. The summed E-state index contributed by atoms with van der Waals surface area (Å²) in [6.07, 6.45) is 4.79. The second-order valence-corrected chi connectivity index (χ2v) is 5.97. The van der Waals surface area contributed by atoms with Crippen molar-refractivity contribution in [1.82, 2.24) is 10.3 Å². The van der Waals surface area contributed by atoms with Gasteiger partial charge in [0.25, 0.3) is 0 Å². The molecule has 18 heavy (non-hydrogen) atoms. The van der Waals surface area contributed by atoms with E-state index in [1.165, 1.54) is 12.8 Å². The van der Waals surface area contributed by atoms with Crippen molar-refractivity contribution in [3.63, 3.8) is 0 Å². The summed E-state index contributed by atoms with van der Waals surface area (Å²) in [5, 5.41) is 3.51. The summed E-state index contributed by atoms with van der Waals surface area (Å²) in [6, 6.07) is 7.56. The van der Waals surface area contributed by atoms with Crippen molar-refractivity contribution in [2.45, 2.75) is 38.4 Å². The molecule has 2 rings (SSSR count). The van der Waals surface area contributed by atoms with E-state index in [-0.39, 0.29) is 0 Å². The van der Waals surface area contributed by atoms with Crippen LogP contribution in [0.25, 0.3) is 0 Å². The Morgan fingerprint density at radius 1 is 1.50 bits per heavy atom. The summed E-state index contributed by atoms with van der Waals surface area (Å²) in [5.74, 6) is 2.20. The van der Waals surface area contributed by atoms with Crippen molar-refractivity contribution in [2.75, 3.05) is 24.0 Å². The molecule has 1 aliphatic rings. The van der Waals surface area contributed by atoms with Gasteiger partial charge in [-0.05, 0) is 38.2 Å². The second-order valence-electron chi connectivity index (χ2n) is 5.06. The molecule has 0 aliphatic heterocycles. The number of nitrogens with zero attached hydrogens (tertiary/aromatic N) is 2. The first-order valence-corrected chi connectivity index (χ1v) is 8.01. The van der Waals surface area contributed by atoms with Gasteiger partial charge < -0.3 is 10.2 Å². The molecule has 0 bridgehead atoms. The van der Waals surface area contributed by atoms with Gasteiger partial charge in [0.1, 0.15) is 5.82 Å². The Morgan fingerprint density at radius 2 is 2.28 bits per heavy atom. The van der Waals surface area contributed by atoms with Crippen molar-refractivity contribution in [3.05, 3.63) is 23.9 Å². The van der Waals surface area contributed by atoms with Crippen molar-refractivity contribution in [3.8, 4) is 0 Å². The van der Waals surface area contributed by atoms with Crippen molar-refractivity contribution < 1.29 is 0 Å². The fraction of sp³-hybridized carbons (Fsp3) is 0.643. The Hall–Kier alpha value is -0.740. The molecule has 1 heterocycles. The van der Waals surface area contributed by atoms with Gasteiger partial charge in [0, 0.05) is 31.4 Å². The number of hydrogen-bond acceptors (Lipinski definition) is 4. The normalized spacial score (nSPS) is 16.6. The SMILES string of the molecule is CSCC(C)N(C)c1cccc(CNC2CC2)n1. The monoisotopic (exact) mass is 265 g/mol. The summed E-state index contributed by atoms with van der Waals surface area (Å²) in [5.41, 5.74) is 1.14. The van der Waals surface area contributed by atoms with E-state index in [0.29, 0.717) is 6.04 Å². The van der Waals surface area contributed by atoms with Gasteiger partial charge in [0.2, 0.25) is 0 Å². The van der Waals surface area contributed by atoms with Gasteiger partial charge in [-0.1, -0.05) is 6.07 Å². The first-order valence-electron chi connectivity index (χ1n) is 6.62. The molecule has 3 nitrogen and oxygen atoms in total. The third-order valence-corrected chi connectivity index (χ3v) is 4.19. The van der Waals surface area contributed by atoms with Crippen molar-refractivity contribution in [2.24, 2.45) is 0 Å². The van der Waals surface area contributed by atoms with Crippen LogP contribution in [0.4, 0.5) is 5.82 Å². The van der Waals surface area contributed by atoms with Crippen LogP contribution < -0.4 is 10.2 Å². The molecule has 0 radical (unpaired) electrons. The van der Waals surface area contributed by atoms with Crippen LogP contribution in [0.2, 0.25) is 0 Å². The Balaban J connectivity index is 1.96. The predicted octanol–water partition coefficient (Wildman–Crippen LogP) is 2.52. The number of nitrogens with one attached hydrogen (secondary N) is 1. The van der Waals surface area contributed by atoms with Crippen LogP contribution in [-0.2, 0) is 6.54 Å². The molecule has 1 N–H and O–H groups in total. The lowest BCUT2D eigenvalue weighted by atomic mass is 10.3. The molecule has 1 atom stereocenters. The van der Waals surface area contributed by atoms with Crippen LogP contribution >= 0.6 is 11.8 Å². The van der Waals surface area contributed by atoms with E-state index in [1.807, 2.05) is 11.8 Å². The van der Waals surface area contributed by atoms with Crippen molar-refractivity contribution >= 4 is 17.6 Å². The highest BCUT2D eigenvalue weighted by molar-refractivity contribution is 7.98. The fourth-order valence-electron chi connectivity index (χ4n) is 1.88. The summed E-state index contributed by atoms with van der Waals surface area (Å²) < 4.78 is 0. The zero-order valence-corrected chi connectivity index (χ0v) is 12.3. The maximum atomic E-state index is 4.73. The average Bonchev–Trinajstić information content (AvgIpc) is 3.20. The molecule has 1 saturated carbocycles. The van der Waals surface area contributed by atoms with Gasteiger partial charge in [-0.25, -0.2) is 4.98 Å². The zero-order chi connectivity index (χ0) is 13.0. The number of rotatable bonds is 7. The van der Waals surface area contributed by atoms with E-state index in [2.05, 4.69) is 48.6 Å². The molecule has 4 heteroatoms. The number of pyridine rings is 1. The summed E-state index contributed by atoms with van der Waals surface area (Å²) in [7, 11) is 2.13. The molecular formula is C14H23N3S. The van der Waals surface area contributed by atoms with Crippen LogP contribution in [-0.4, -0.2) is 36.1 Å². The minimum absolute atomic E-state index is 0.513. The molecule has 100 valence electrons. The van der Waals surface area contributed by atoms with E-state index in [1.54, 1.807) is 0 Å². The van der Waals surface area contributed by atoms with Crippen LogP contribution in [0.15, 0.2) is 18.2 Å². The second kappa shape index (κ2) is 6.43. The van der Waals surface area contributed by atoms with Gasteiger partial charge in [-0.15, -0.1) is 0 Å². The quantitative estimate of drug-likeness (QED) is 0.820. The summed E-state index contributed by atoms with van der Waals surface area (Å²) >= 11 is 1.88. The number of hydrogen-bond donors (Lipinski definition) is 1.